The zero-order valence-corrected chi connectivity index (χ0v) is 11.2. The van der Waals surface area contributed by atoms with E-state index in [1.54, 1.807) is 12.1 Å². The number of sulfone groups is 1. The summed E-state index contributed by atoms with van der Waals surface area (Å²) in [5.41, 5.74) is 9.26. The van der Waals surface area contributed by atoms with Gasteiger partial charge in [0.1, 0.15) is 0 Å². The number of benzene rings is 2. The second-order valence-corrected chi connectivity index (χ2v) is 5.79. The van der Waals surface area contributed by atoms with Gasteiger partial charge in [0.25, 0.3) is 0 Å². The zero-order chi connectivity index (χ0) is 14.6. The Kier molecular flexibility index (Phi) is 3.84. The first-order valence-electron chi connectivity index (χ1n) is 5.55. The average molecular weight is 286 g/mol. The van der Waals surface area contributed by atoms with Crippen LogP contribution in [0.2, 0.25) is 0 Å². The highest BCUT2D eigenvalue weighted by molar-refractivity contribution is 7.91. The van der Waals surface area contributed by atoms with E-state index >= 15 is 0 Å². The largest absolute Gasteiger partial charge is 0.265 e. The molecule has 0 saturated carbocycles. The highest BCUT2D eigenvalue weighted by atomic mass is 32.2. The first-order chi connectivity index (χ1) is 9.57. The molecule has 0 radical (unpaired) electrons. The quantitative estimate of drug-likeness (QED) is 0.370. The molecule has 0 spiro atoms. The molecule has 0 aliphatic rings. The molecule has 0 aromatic heterocycles. The van der Waals surface area contributed by atoms with Crippen molar-refractivity contribution in [1.82, 2.24) is 0 Å². The van der Waals surface area contributed by atoms with Crippen LogP contribution in [0.15, 0.2) is 68.4 Å². The van der Waals surface area contributed by atoms with E-state index in [-0.39, 0.29) is 9.79 Å². The molecular formula is C13H10N4O2S. The van der Waals surface area contributed by atoms with Crippen LogP contribution in [0.3, 0.4) is 0 Å². The summed E-state index contributed by atoms with van der Waals surface area (Å²) in [7, 11) is -3.59. The Bertz CT molecular complexity index is 774. The van der Waals surface area contributed by atoms with Crippen molar-refractivity contribution in [2.24, 2.45) is 10.1 Å². The van der Waals surface area contributed by atoms with Crippen molar-refractivity contribution in [2.75, 3.05) is 0 Å². The molecule has 2 rings (SSSR count). The highest BCUT2D eigenvalue weighted by Gasteiger charge is 2.17. The Hall–Kier alpha value is -2.63. The van der Waals surface area contributed by atoms with E-state index in [4.69, 9.17) is 5.53 Å². The summed E-state index contributed by atoms with van der Waals surface area (Å²) in [6, 6.07) is 11.8. The van der Waals surface area contributed by atoms with Gasteiger partial charge in [0.15, 0.2) is 0 Å². The Morgan fingerprint density at radius 3 is 1.75 bits per heavy atom. The molecule has 2 aromatic rings. The minimum Gasteiger partial charge on any atom is -0.265 e. The highest BCUT2D eigenvalue weighted by Crippen LogP contribution is 2.24. The van der Waals surface area contributed by atoms with Crippen LogP contribution in [0, 0.1) is 0 Å². The van der Waals surface area contributed by atoms with Gasteiger partial charge in [0.05, 0.1) is 15.5 Å². The Morgan fingerprint density at radius 1 is 0.900 bits per heavy atom. The summed E-state index contributed by atoms with van der Waals surface area (Å²) in [4.78, 5) is 6.64. The molecular weight excluding hydrogens is 276 g/mol. The number of nitrogens with zero attached hydrogens (tertiary/aromatic N) is 4. The van der Waals surface area contributed by atoms with E-state index in [2.05, 4.69) is 21.7 Å². The second-order valence-electron chi connectivity index (χ2n) is 3.84. The van der Waals surface area contributed by atoms with Gasteiger partial charge in [-0.05, 0) is 48.6 Å². The lowest BCUT2D eigenvalue weighted by Crippen LogP contribution is -2.01. The summed E-state index contributed by atoms with van der Waals surface area (Å²) in [6.07, 6.45) is 0. The van der Waals surface area contributed by atoms with Crippen LogP contribution >= 0.6 is 0 Å². The molecule has 100 valence electrons. The van der Waals surface area contributed by atoms with Crippen LogP contribution in [0.25, 0.3) is 10.4 Å². The number of hydrogen-bond donors (Lipinski definition) is 0. The number of rotatable bonds is 4. The molecule has 20 heavy (non-hydrogen) atoms. The predicted molar refractivity (Wildman–Crippen MR) is 76.4 cm³/mol. The summed E-state index contributed by atoms with van der Waals surface area (Å²) in [5, 5.41) is 3.39. The Morgan fingerprint density at radius 2 is 1.35 bits per heavy atom. The zero-order valence-electron chi connectivity index (χ0n) is 10.3. The van der Waals surface area contributed by atoms with Gasteiger partial charge < -0.3 is 0 Å². The van der Waals surface area contributed by atoms with Crippen molar-refractivity contribution in [2.45, 2.75) is 9.79 Å². The maximum absolute atomic E-state index is 12.4. The molecule has 0 aliphatic heterocycles. The Labute approximate surface area is 116 Å². The van der Waals surface area contributed by atoms with E-state index < -0.39 is 9.84 Å². The van der Waals surface area contributed by atoms with Crippen molar-refractivity contribution in [3.05, 3.63) is 59.0 Å². The van der Waals surface area contributed by atoms with Gasteiger partial charge >= 0.3 is 0 Å². The average Bonchev–Trinajstić information content (AvgIpc) is 2.48. The topological polar surface area (TPSA) is 95.3 Å². The van der Waals surface area contributed by atoms with Crippen molar-refractivity contribution in [1.29, 1.82) is 0 Å². The lowest BCUT2D eigenvalue weighted by molar-refractivity contribution is 0.596. The third kappa shape index (κ3) is 2.69. The minimum atomic E-state index is -3.59. The fraction of sp³-hybridized carbons (Fsp3) is 0. The fourth-order valence-corrected chi connectivity index (χ4v) is 2.87. The molecule has 0 bridgehead atoms. The summed E-state index contributed by atoms with van der Waals surface area (Å²) in [6.45, 7) is 3.37. The van der Waals surface area contributed by atoms with Crippen LogP contribution in [0.1, 0.15) is 0 Å². The molecule has 6 nitrogen and oxygen atoms in total. The lowest BCUT2D eigenvalue weighted by Gasteiger charge is -2.05. The molecule has 0 N–H and O–H groups in total. The first-order valence-corrected chi connectivity index (χ1v) is 7.03. The summed E-state index contributed by atoms with van der Waals surface area (Å²) < 4.78 is 24.7. The van der Waals surface area contributed by atoms with Gasteiger partial charge in [-0.25, -0.2) is 8.42 Å². The summed E-state index contributed by atoms with van der Waals surface area (Å²) in [5.74, 6) is 0. The van der Waals surface area contributed by atoms with Gasteiger partial charge in [-0.1, -0.05) is 17.2 Å². The molecule has 0 fully saturated rings. The van der Waals surface area contributed by atoms with Crippen LogP contribution in [0.4, 0.5) is 11.4 Å². The minimum absolute atomic E-state index is 0.133. The molecule has 0 aliphatic carbocycles. The van der Waals surface area contributed by atoms with Crippen molar-refractivity contribution in [3.8, 4) is 0 Å². The van der Waals surface area contributed by atoms with Gasteiger partial charge in [-0.2, -0.15) is 0 Å². The normalized spacial score (nSPS) is 10.6. The standard InChI is InChI=1S/C13H10N4O2S/c1-15-10-2-6-12(7-3-10)20(18,19)13-8-4-11(5-9-13)16-17-14/h2-9H,1H2. The van der Waals surface area contributed by atoms with Gasteiger partial charge in [-0.3, -0.25) is 4.99 Å². The molecule has 0 atom stereocenters. The summed E-state index contributed by atoms with van der Waals surface area (Å²) >= 11 is 0. The van der Waals surface area contributed by atoms with Crippen LogP contribution in [-0.4, -0.2) is 15.1 Å². The van der Waals surface area contributed by atoms with Gasteiger partial charge in [0.2, 0.25) is 9.84 Å². The van der Waals surface area contributed by atoms with E-state index in [0.29, 0.717) is 11.4 Å². The van der Waals surface area contributed by atoms with E-state index in [9.17, 15) is 8.42 Å². The van der Waals surface area contributed by atoms with Gasteiger partial charge in [-0.15, -0.1) is 0 Å². The van der Waals surface area contributed by atoms with E-state index in [0.717, 1.165) is 0 Å². The molecule has 0 unspecified atom stereocenters. The molecule has 2 aromatic carbocycles. The molecule has 0 amide bonds. The number of aliphatic imine (C=N–C) groups is 1. The first kappa shape index (κ1) is 13.8. The van der Waals surface area contributed by atoms with Crippen molar-refractivity contribution < 1.29 is 8.42 Å². The molecule has 7 heteroatoms. The second kappa shape index (κ2) is 5.56. The Balaban J connectivity index is 2.42. The third-order valence-electron chi connectivity index (χ3n) is 2.64. The van der Waals surface area contributed by atoms with Crippen molar-refractivity contribution in [3.63, 3.8) is 0 Å². The third-order valence-corrected chi connectivity index (χ3v) is 4.42. The smallest absolute Gasteiger partial charge is 0.206 e. The van der Waals surface area contributed by atoms with Crippen molar-refractivity contribution >= 4 is 27.9 Å². The maximum Gasteiger partial charge on any atom is 0.206 e. The SMILES string of the molecule is C=Nc1ccc(S(=O)(=O)c2ccc(N=[N+]=[N-])cc2)cc1. The van der Waals surface area contributed by atoms with Crippen LogP contribution < -0.4 is 0 Å². The van der Waals surface area contributed by atoms with E-state index in [1.807, 2.05) is 0 Å². The molecule has 0 heterocycles. The van der Waals surface area contributed by atoms with Gasteiger partial charge in [0, 0.05) is 10.6 Å². The monoisotopic (exact) mass is 286 g/mol. The predicted octanol–water partition coefficient (Wildman–Crippen LogP) is 3.79. The number of hydrogen-bond acceptors (Lipinski definition) is 4. The maximum atomic E-state index is 12.4. The van der Waals surface area contributed by atoms with Crippen LogP contribution in [0.5, 0.6) is 0 Å². The fourth-order valence-electron chi connectivity index (χ4n) is 1.61. The van der Waals surface area contributed by atoms with E-state index in [1.165, 1.54) is 36.4 Å². The molecule has 0 saturated heterocycles. The number of azide groups is 1. The van der Waals surface area contributed by atoms with Crippen LogP contribution in [-0.2, 0) is 9.84 Å². The lowest BCUT2D eigenvalue weighted by atomic mass is 10.3.